The lowest BCUT2D eigenvalue weighted by Gasteiger charge is -2.02. The summed E-state index contributed by atoms with van der Waals surface area (Å²) >= 11 is 7.63. The molecule has 0 aliphatic rings. The van der Waals surface area contributed by atoms with Crippen molar-refractivity contribution >= 4 is 29.1 Å². The van der Waals surface area contributed by atoms with Crippen molar-refractivity contribution in [2.75, 3.05) is 7.11 Å². The van der Waals surface area contributed by atoms with Gasteiger partial charge in [0.25, 0.3) is 4.92 Å². The van der Waals surface area contributed by atoms with Gasteiger partial charge in [-0.3, -0.25) is 0 Å². The van der Waals surface area contributed by atoms with E-state index in [-0.39, 0.29) is 0 Å². The van der Waals surface area contributed by atoms with E-state index in [0.717, 1.165) is 21.2 Å². The van der Waals surface area contributed by atoms with Gasteiger partial charge in [0, 0.05) is 27.8 Å². The monoisotopic (exact) mass is 294 g/mol. The van der Waals surface area contributed by atoms with Gasteiger partial charge in [-0.15, -0.1) is 11.8 Å². The lowest BCUT2D eigenvalue weighted by atomic mass is 10.2. The topological polar surface area (TPSA) is 29.3 Å². The molecule has 0 saturated heterocycles. The highest BCUT2D eigenvalue weighted by Crippen LogP contribution is 2.25. The second-order valence-electron chi connectivity index (χ2n) is 3.85. The summed E-state index contributed by atoms with van der Waals surface area (Å²) in [5, 5.41) is 0.738. The average molecular weight is 295 g/mol. The van der Waals surface area contributed by atoms with Crippen molar-refractivity contribution in [3.8, 4) is 0 Å². The van der Waals surface area contributed by atoms with Gasteiger partial charge in [-0.1, -0.05) is 29.8 Å². The molecule has 0 saturated carbocycles. The van der Waals surface area contributed by atoms with Gasteiger partial charge in [0.2, 0.25) is 0 Å². The highest BCUT2D eigenvalue weighted by Gasteiger charge is 2.12. The molecule has 2 aromatic carbocycles. The molecular formula is C14H13ClNO2S+. The zero-order chi connectivity index (χ0) is 13.7. The fourth-order valence-corrected chi connectivity index (χ4v) is 2.71. The van der Waals surface area contributed by atoms with Gasteiger partial charge in [0.05, 0.1) is 4.91 Å². The molecule has 0 fully saturated rings. The summed E-state index contributed by atoms with van der Waals surface area (Å²) in [6.45, 7) is 0. The number of rotatable bonds is 5. The van der Waals surface area contributed by atoms with Gasteiger partial charge in [-0.05, 0) is 23.8 Å². The summed E-state index contributed by atoms with van der Waals surface area (Å²) in [6, 6.07) is 15.1. The molecule has 0 spiro atoms. The number of hydrogen-bond acceptors (Lipinski definition) is 3. The van der Waals surface area contributed by atoms with Crippen LogP contribution in [0.1, 0.15) is 5.56 Å². The van der Waals surface area contributed by atoms with Crippen molar-refractivity contribution in [1.29, 1.82) is 0 Å². The molecule has 0 unspecified atom stereocenters. The number of nitrogens with zero attached hydrogens (tertiary/aromatic N) is 1. The summed E-state index contributed by atoms with van der Waals surface area (Å²) in [5.74, 6) is 0.826. The molecule has 2 aromatic rings. The fraction of sp³-hybridized carbons (Fsp3) is 0.143. The van der Waals surface area contributed by atoms with Crippen molar-refractivity contribution < 1.29 is 9.76 Å². The van der Waals surface area contributed by atoms with Gasteiger partial charge >= 0.3 is 5.69 Å². The normalized spacial score (nSPS) is 10.2. The maximum Gasteiger partial charge on any atom is 0.316 e. The van der Waals surface area contributed by atoms with Gasteiger partial charge < -0.3 is 0 Å². The van der Waals surface area contributed by atoms with E-state index in [4.69, 9.17) is 11.6 Å². The molecule has 0 aliphatic heterocycles. The molecule has 2 rings (SSSR count). The fourth-order valence-electron chi connectivity index (χ4n) is 1.54. The summed E-state index contributed by atoms with van der Waals surface area (Å²) in [5.41, 5.74) is 1.62. The first-order valence-corrected chi connectivity index (χ1v) is 7.04. The summed E-state index contributed by atoms with van der Waals surface area (Å²) < 4.78 is 0. The van der Waals surface area contributed by atoms with E-state index in [1.54, 1.807) is 23.9 Å². The summed E-state index contributed by atoms with van der Waals surface area (Å²) in [6.07, 6.45) is 0. The molecule has 19 heavy (non-hydrogen) atoms. The summed E-state index contributed by atoms with van der Waals surface area (Å²) in [7, 11) is 1.34. The maximum atomic E-state index is 11.2. The Bertz CT molecular complexity index is 572. The van der Waals surface area contributed by atoms with Crippen molar-refractivity contribution in [2.24, 2.45) is 0 Å². The highest BCUT2D eigenvalue weighted by atomic mass is 35.5. The largest absolute Gasteiger partial charge is 0.316 e. The first-order valence-electron chi connectivity index (χ1n) is 5.68. The predicted octanol–water partition coefficient (Wildman–Crippen LogP) is 4.60. The molecule has 0 aliphatic carbocycles. The molecule has 0 heterocycles. The van der Waals surface area contributed by atoms with Gasteiger partial charge in [-0.25, -0.2) is 4.84 Å². The van der Waals surface area contributed by atoms with E-state index in [1.165, 1.54) is 7.11 Å². The van der Waals surface area contributed by atoms with Crippen LogP contribution in [0.2, 0.25) is 5.02 Å². The Morgan fingerprint density at radius 2 is 1.95 bits per heavy atom. The smallest absolute Gasteiger partial charge is 0.230 e. The molecule has 0 amide bonds. The van der Waals surface area contributed by atoms with Crippen LogP contribution >= 0.6 is 23.4 Å². The molecule has 0 N–H and O–H groups in total. The van der Waals surface area contributed by atoms with Crippen LogP contribution in [0.5, 0.6) is 0 Å². The van der Waals surface area contributed by atoms with E-state index < -0.39 is 0 Å². The standard InChI is InChI=1S/C14H13ClNO2S/c1-18-16(17)13-7-5-11(6-8-13)10-19-14-4-2-3-12(15)9-14/h2-9H,10H2,1H3/q+1. The molecule has 3 nitrogen and oxygen atoms in total. The SMILES string of the molecule is CO[N+](=O)c1ccc(CSc2cccc(Cl)c2)cc1. The van der Waals surface area contributed by atoms with Crippen LogP contribution in [-0.4, -0.2) is 12.0 Å². The zero-order valence-corrected chi connectivity index (χ0v) is 11.9. The van der Waals surface area contributed by atoms with Crippen molar-refractivity contribution in [3.63, 3.8) is 0 Å². The van der Waals surface area contributed by atoms with Crippen LogP contribution in [0.4, 0.5) is 5.69 Å². The third-order valence-corrected chi connectivity index (χ3v) is 3.81. The quantitative estimate of drug-likeness (QED) is 0.596. The molecule has 98 valence electrons. The van der Waals surface area contributed by atoms with Crippen LogP contribution < -0.4 is 0 Å². The van der Waals surface area contributed by atoms with Crippen LogP contribution in [0.25, 0.3) is 0 Å². The summed E-state index contributed by atoms with van der Waals surface area (Å²) in [4.78, 5) is 17.4. The lowest BCUT2D eigenvalue weighted by Crippen LogP contribution is -1.97. The predicted molar refractivity (Wildman–Crippen MR) is 77.8 cm³/mol. The average Bonchev–Trinajstić information content (AvgIpc) is 2.45. The third kappa shape index (κ3) is 3.98. The van der Waals surface area contributed by atoms with Crippen LogP contribution in [0.15, 0.2) is 53.4 Å². The minimum Gasteiger partial charge on any atom is -0.230 e. The van der Waals surface area contributed by atoms with Gasteiger partial charge in [0.1, 0.15) is 0 Å². The third-order valence-electron chi connectivity index (χ3n) is 2.51. The van der Waals surface area contributed by atoms with Crippen molar-refractivity contribution in [3.05, 3.63) is 64.0 Å². The molecule has 5 heteroatoms. The Morgan fingerprint density at radius 1 is 1.21 bits per heavy atom. The second-order valence-corrected chi connectivity index (χ2v) is 5.34. The van der Waals surface area contributed by atoms with Crippen molar-refractivity contribution in [2.45, 2.75) is 10.6 Å². The van der Waals surface area contributed by atoms with E-state index >= 15 is 0 Å². The van der Waals surface area contributed by atoms with Crippen LogP contribution in [-0.2, 0) is 10.6 Å². The van der Waals surface area contributed by atoms with E-state index in [9.17, 15) is 4.91 Å². The molecule has 0 atom stereocenters. The van der Waals surface area contributed by atoms with Gasteiger partial charge in [-0.2, -0.15) is 0 Å². The minimum absolute atomic E-state index is 0.480. The van der Waals surface area contributed by atoms with Gasteiger partial charge in [0.15, 0.2) is 7.11 Å². The first-order chi connectivity index (χ1) is 9.19. The minimum atomic E-state index is 0.480. The Hall–Kier alpha value is -1.52. The highest BCUT2D eigenvalue weighted by molar-refractivity contribution is 7.98. The first kappa shape index (κ1) is 13.9. The van der Waals surface area contributed by atoms with Crippen LogP contribution in [0, 0.1) is 4.91 Å². The van der Waals surface area contributed by atoms with E-state index in [1.807, 2.05) is 36.4 Å². The Kier molecular flexibility index (Phi) is 4.82. The number of benzene rings is 2. The lowest BCUT2D eigenvalue weighted by molar-refractivity contribution is -0.736. The Balaban J connectivity index is 1.98. The second kappa shape index (κ2) is 6.59. The number of hydrogen-bond donors (Lipinski definition) is 0. The van der Waals surface area contributed by atoms with Crippen LogP contribution in [0.3, 0.4) is 0 Å². The van der Waals surface area contributed by atoms with E-state index in [0.29, 0.717) is 10.6 Å². The Labute approximate surface area is 121 Å². The van der Waals surface area contributed by atoms with Crippen molar-refractivity contribution in [1.82, 2.24) is 0 Å². The molecule has 0 aromatic heterocycles. The maximum absolute atomic E-state index is 11.2. The Morgan fingerprint density at radius 3 is 2.58 bits per heavy atom. The number of halogens is 1. The zero-order valence-electron chi connectivity index (χ0n) is 10.4. The van der Waals surface area contributed by atoms with E-state index in [2.05, 4.69) is 4.84 Å². The molecular weight excluding hydrogens is 282 g/mol. The molecule has 0 radical (unpaired) electrons. The molecule has 0 bridgehead atoms. The number of thioether (sulfide) groups is 1.